The minimum Gasteiger partial charge on any atom is -0.759 e. The summed E-state index contributed by atoms with van der Waals surface area (Å²) in [6.45, 7) is 14.1. The molecule has 0 aliphatic rings. The third-order valence-corrected chi connectivity index (χ3v) is 6.75. The Labute approximate surface area is 101 Å². The largest absolute Gasteiger partial charge is 0.759 e. The summed E-state index contributed by atoms with van der Waals surface area (Å²) in [6.07, 6.45) is 0. The van der Waals surface area contributed by atoms with Gasteiger partial charge in [-0.3, -0.25) is 8.42 Å². The number of hydrogen-bond acceptors (Lipinski definition) is 5. The normalized spacial score (nSPS) is 11.5. The van der Waals surface area contributed by atoms with Gasteiger partial charge in [0.15, 0.2) is 0 Å². The summed E-state index contributed by atoms with van der Waals surface area (Å²) in [7, 11) is -7.13. The van der Waals surface area contributed by atoms with Crippen LogP contribution in [-0.4, -0.2) is 34.0 Å². The van der Waals surface area contributed by atoms with E-state index < -0.39 is 26.9 Å². The molecule has 0 bridgehead atoms. The summed E-state index contributed by atoms with van der Waals surface area (Å²) in [5, 5.41) is 0. The second kappa shape index (κ2) is 8.30. The van der Waals surface area contributed by atoms with Crippen LogP contribution in [0, 0.1) is 0 Å². The minimum absolute atomic E-state index is 0. The fourth-order valence-electron chi connectivity index (χ4n) is 1.12. The molecule has 10 heteroatoms. The molecule has 0 aromatic heterocycles. The molecule has 16 heavy (non-hydrogen) atoms. The zero-order valence-electron chi connectivity index (χ0n) is 11.5. The Hall–Kier alpha value is 0.184. The van der Waals surface area contributed by atoms with Crippen LogP contribution in [0.25, 0.3) is 0 Å². The van der Waals surface area contributed by atoms with Crippen LogP contribution in [-0.2, 0) is 10.4 Å². The van der Waals surface area contributed by atoms with Crippen molar-refractivity contribution in [3.8, 4) is 0 Å². The van der Waals surface area contributed by atoms with E-state index in [-0.39, 0.29) is 12.3 Å². The molecule has 0 aliphatic carbocycles. The molecule has 0 aromatic carbocycles. The first-order valence-corrected chi connectivity index (χ1v) is 12.5. The second-order valence-electron chi connectivity index (χ2n) is 5.03. The standard InChI is InChI=1S/C6H19NSi2.2H3N.H2O4S/c1-8(2,3)7-9(4,5)6;;;1-5(2,3)4/h7H,1-6H3;2*1H3;(H2,1,2,3,4). The van der Waals surface area contributed by atoms with Gasteiger partial charge in [-0.2, -0.15) is 0 Å². The SMILES string of the molecule is C[Si](C)(C)N[Si](C)(C)C.O=S(=O)([O-])[O-].[NH4+].[NH4+]. The van der Waals surface area contributed by atoms with E-state index in [0.717, 1.165) is 0 Å². The van der Waals surface area contributed by atoms with Crippen molar-refractivity contribution in [2.75, 3.05) is 0 Å². The van der Waals surface area contributed by atoms with Gasteiger partial charge in [0.05, 0.1) is 0 Å². The Morgan fingerprint density at radius 3 is 0.938 bits per heavy atom. The predicted molar refractivity (Wildman–Crippen MR) is 72.3 cm³/mol. The summed E-state index contributed by atoms with van der Waals surface area (Å²) >= 11 is 0. The lowest BCUT2D eigenvalue weighted by Gasteiger charge is -2.28. The summed E-state index contributed by atoms with van der Waals surface area (Å²) in [4.78, 5) is 0. The van der Waals surface area contributed by atoms with E-state index in [9.17, 15) is 0 Å². The fraction of sp³-hybridized carbons (Fsp3) is 1.00. The highest BCUT2D eigenvalue weighted by Gasteiger charge is 2.22. The maximum absolute atomic E-state index is 8.52. The van der Waals surface area contributed by atoms with Crippen molar-refractivity contribution in [3.63, 3.8) is 0 Å². The van der Waals surface area contributed by atoms with Crippen molar-refractivity contribution in [2.45, 2.75) is 39.3 Å². The molecule has 0 atom stereocenters. The van der Waals surface area contributed by atoms with E-state index in [1.807, 2.05) is 0 Å². The Balaban J connectivity index is -0.0000000904. The Bertz CT molecular complexity index is 238. The average Bonchev–Trinajstić information content (AvgIpc) is 1.42. The van der Waals surface area contributed by atoms with Crippen LogP contribution in [0.1, 0.15) is 0 Å². The van der Waals surface area contributed by atoms with Crippen LogP contribution < -0.4 is 16.9 Å². The fourth-order valence-corrected chi connectivity index (χ4v) is 10.1. The summed E-state index contributed by atoms with van der Waals surface area (Å²) in [6, 6.07) is 0. The van der Waals surface area contributed by atoms with Crippen LogP contribution >= 0.6 is 0 Å². The monoisotopic (exact) mass is 293 g/mol. The lowest BCUT2D eigenvalue weighted by Crippen LogP contribution is -2.55. The van der Waals surface area contributed by atoms with Gasteiger partial charge in [0.1, 0.15) is 16.5 Å². The molecule has 0 fully saturated rings. The molecule has 0 saturated carbocycles. The zero-order valence-corrected chi connectivity index (χ0v) is 14.4. The van der Waals surface area contributed by atoms with Gasteiger partial charge in [0.2, 0.25) is 0 Å². The molecule has 0 aliphatic heterocycles. The van der Waals surface area contributed by atoms with Gasteiger partial charge in [-0.05, 0) is 0 Å². The van der Waals surface area contributed by atoms with Crippen LogP contribution in [0.2, 0.25) is 39.3 Å². The molecule has 9 N–H and O–H groups in total. The molecule has 0 amide bonds. The molecular weight excluding hydrogens is 266 g/mol. The van der Waals surface area contributed by atoms with Gasteiger partial charge < -0.3 is 26.1 Å². The van der Waals surface area contributed by atoms with Crippen LogP contribution in [0.4, 0.5) is 0 Å². The summed E-state index contributed by atoms with van der Waals surface area (Å²) < 4.78 is 37.8. The van der Waals surface area contributed by atoms with Gasteiger partial charge in [0.25, 0.3) is 0 Å². The van der Waals surface area contributed by atoms with Crippen molar-refractivity contribution >= 4 is 26.9 Å². The van der Waals surface area contributed by atoms with Crippen molar-refractivity contribution < 1.29 is 17.5 Å². The Morgan fingerprint density at radius 1 is 0.812 bits per heavy atom. The maximum atomic E-state index is 8.52. The van der Waals surface area contributed by atoms with Crippen molar-refractivity contribution in [1.29, 1.82) is 0 Å². The van der Waals surface area contributed by atoms with Crippen LogP contribution in [0.5, 0.6) is 0 Å². The molecule has 104 valence electrons. The predicted octanol–water partition coefficient (Wildman–Crippen LogP) is 1.66. The highest BCUT2D eigenvalue weighted by Crippen LogP contribution is 2.02. The van der Waals surface area contributed by atoms with E-state index >= 15 is 0 Å². The molecule has 0 saturated heterocycles. The van der Waals surface area contributed by atoms with Crippen LogP contribution in [0.15, 0.2) is 0 Å². The quantitative estimate of drug-likeness (QED) is 0.399. The van der Waals surface area contributed by atoms with Gasteiger partial charge in [-0.25, -0.2) is 0 Å². The third-order valence-electron chi connectivity index (χ3n) is 0.750. The molecule has 0 unspecified atom stereocenters. The number of quaternary nitrogens is 2. The molecule has 7 nitrogen and oxygen atoms in total. The van der Waals surface area contributed by atoms with Gasteiger partial charge >= 0.3 is 0 Å². The minimum atomic E-state index is -5.17. The van der Waals surface area contributed by atoms with Crippen LogP contribution in [0.3, 0.4) is 0 Å². The van der Waals surface area contributed by atoms with Crippen molar-refractivity contribution in [2.24, 2.45) is 0 Å². The Kier molecular flexibility index (Phi) is 13.0. The zero-order chi connectivity index (χ0) is 12.2. The van der Waals surface area contributed by atoms with Crippen molar-refractivity contribution in [1.82, 2.24) is 16.9 Å². The number of rotatable bonds is 2. The molecule has 0 heterocycles. The second-order valence-corrected chi connectivity index (χ2v) is 15.8. The van der Waals surface area contributed by atoms with Crippen molar-refractivity contribution in [3.05, 3.63) is 0 Å². The van der Waals surface area contributed by atoms with E-state index in [1.165, 1.54) is 0 Å². The molecular formula is C6H27N3O4SSi2. The van der Waals surface area contributed by atoms with E-state index in [1.54, 1.807) is 0 Å². The van der Waals surface area contributed by atoms with Gasteiger partial charge in [-0.1, -0.05) is 39.3 Å². The number of hydrogen-bond donors (Lipinski definition) is 3. The first-order valence-electron chi connectivity index (χ1n) is 4.17. The number of nitrogens with one attached hydrogen (secondary N) is 1. The highest BCUT2D eigenvalue weighted by molar-refractivity contribution is 7.79. The highest BCUT2D eigenvalue weighted by atomic mass is 32.3. The van der Waals surface area contributed by atoms with Gasteiger partial charge in [0, 0.05) is 10.4 Å². The topological polar surface area (TPSA) is 165 Å². The van der Waals surface area contributed by atoms with Gasteiger partial charge in [-0.15, -0.1) is 0 Å². The Morgan fingerprint density at radius 2 is 0.938 bits per heavy atom. The van der Waals surface area contributed by atoms with E-state index in [0.29, 0.717) is 0 Å². The first-order chi connectivity index (χ1) is 5.71. The smallest absolute Gasteiger partial charge is 0.109 e. The molecule has 0 rings (SSSR count). The first kappa shape index (κ1) is 25.1. The van der Waals surface area contributed by atoms with E-state index in [4.69, 9.17) is 17.5 Å². The lowest BCUT2D eigenvalue weighted by atomic mass is 11.8. The summed E-state index contributed by atoms with van der Waals surface area (Å²) in [5.41, 5.74) is 0. The third kappa shape index (κ3) is 64.5. The molecule has 0 radical (unpaired) electrons. The average molecular weight is 294 g/mol. The lowest BCUT2D eigenvalue weighted by molar-refractivity contribution is 0.352. The van der Waals surface area contributed by atoms with E-state index in [2.05, 4.69) is 43.9 Å². The maximum Gasteiger partial charge on any atom is 0.109 e. The molecule has 0 spiro atoms. The summed E-state index contributed by atoms with van der Waals surface area (Å²) in [5.74, 6) is 0. The molecule has 0 aromatic rings.